The molecule has 0 amide bonds. The summed E-state index contributed by atoms with van der Waals surface area (Å²) in [6.07, 6.45) is 2.87. The van der Waals surface area contributed by atoms with Gasteiger partial charge >= 0.3 is 0 Å². The van der Waals surface area contributed by atoms with Gasteiger partial charge in [0.1, 0.15) is 6.61 Å². The highest BCUT2D eigenvalue weighted by Gasteiger charge is 1.99. The molecule has 1 heterocycles. The fourth-order valence-corrected chi connectivity index (χ4v) is 1.37. The molecular weight excluding hydrogens is 244 g/mol. The second-order valence-electron chi connectivity index (χ2n) is 2.89. The van der Waals surface area contributed by atoms with E-state index in [4.69, 9.17) is 4.74 Å². The van der Waals surface area contributed by atoms with Gasteiger partial charge in [-0.2, -0.15) is 0 Å². The summed E-state index contributed by atoms with van der Waals surface area (Å²) >= 11 is 3.37. The van der Waals surface area contributed by atoms with Crippen LogP contribution in [0.1, 0.15) is 13.3 Å². The summed E-state index contributed by atoms with van der Waals surface area (Å²) in [4.78, 5) is 4.10. The van der Waals surface area contributed by atoms with Crippen LogP contribution in [0.15, 0.2) is 22.8 Å². The fourth-order valence-electron chi connectivity index (χ4n) is 0.999. The van der Waals surface area contributed by atoms with Crippen molar-refractivity contribution in [3.63, 3.8) is 0 Å². The van der Waals surface area contributed by atoms with Gasteiger partial charge < -0.3 is 10.1 Å². The van der Waals surface area contributed by atoms with Crippen molar-refractivity contribution < 1.29 is 4.74 Å². The highest BCUT2D eigenvalue weighted by molar-refractivity contribution is 9.10. The molecule has 0 spiro atoms. The van der Waals surface area contributed by atoms with Crippen molar-refractivity contribution in [1.82, 2.24) is 10.3 Å². The first kappa shape index (κ1) is 11.5. The van der Waals surface area contributed by atoms with Crippen molar-refractivity contribution in [2.75, 3.05) is 19.7 Å². The largest absolute Gasteiger partial charge is 0.476 e. The van der Waals surface area contributed by atoms with E-state index in [0.717, 1.165) is 24.0 Å². The third-order valence-corrected chi connectivity index (χ3v) is 2.27. The van der Waals surface area contributed by atoms with Crippen molar-refractivity contribution in [2.24, 2.45) is 0 Å². The van der Waals surface area contributed by atoms with E-state index in [0.29, 0.717) is 12.5 Å². The molecule has 1 aromatic heterocycles. The number of halogens is 1. The Labute approximate surface area is 93.0 Å². The van der Waals surface area contributed by atoms with E-state index in [1.165, 1.54) is 0 Å². The molecule has 0 radical (unpaired) electrons. The third kappa shape index (κ3) is 4.07. The van der Waals surface area contributed by atoms with Crippen molar-refractivity contribution >= 4 is 15.9 Å². The standard InChI is InChI=1S/C10H15BrN2O/c1-2-5-12-7-8-14-10-9(11)4-3-6-13-10/h3-4,6,12H,2,5,7-8H2,1H3. The van der Waals surface area contributed by atoms with Crippen LogP contribution >= 0.6 is 15.9 Å². The fraction of sp³-hybridized carbons (Fsp3) is 0.500. The second kappa shape index (κ2) is 6.79. The molecule has 1 aromatic rings. The predicted octanol–water partition coefficient (Wildman–Crippen LogP) is 2.22. The van der Waals surface area contributed by atoms with Crippen molar-refractivity contribution in [1.29, 1.82) is 0 Å². The minimum Gasteiger partial charge on any atom is -0.476 e. The number of rotatable bonds is 6. The Bertz CT molecular complexity index is 268. The average Bonchev–Trinajstić information content (AvgIpc) is 2.20. The monoisotopic (exact) mass is 258 g/mol. The van der Waals surface area contributed by atoms with Gasteiger partial charge in [-0.25, -0.2) is 4.98 Å². The summed E-state index contributed by atoms with van der Waals surface area (Å²) in [5.74, 6) is 0.658. The molecule has 0 fully saturated rings. The number of nitrogens with one attached hydrogen (secondary N) is 1. The Morgan fingerprint density at radius 2 is 2.36 bits per heavy atom. The summed E-state index contributed by atoms with van der Waals surface area (Å²) in [6, 6.07) is 3.79. The van der Waals surface area contributed by atoms with Crippen LogP contribution in [0.2, 0.25) is 0 Å². The molecule has 0 aliphatic heterocycles. The Balaban J connectivity index is 2.21. The lowest BCUT2D eigenvalue weighted by Crippen LogP contribution is -2.21. The third-order valence-electron chi connectivity index (χ3n) is 1.67. The molecule has 0 aliphatic rings. The minimum absolute atomic E-state index is 0.648. The maximum atomic E-state index is 5.46. The number of aromatic nitrogens is 1. The Hall–Kier alpha value is -0.610. The van der Waals surface area contributed by atoms with Crippen LogP contribution in [0.3, 0.4) is 0 Å². The van der Waals surface area contributed by atoms with E-state index in [9.17, 15) is 0 Å². The number of ether oxygens (including phenoxy) is 1. The van der Waals surface area contributed by atoms with E-state index in [1.807, 2.05) is 12.1 Å². The Kier molecular flexibility index (Phi) is 5.56. The molecule has 0 aliphatic carbocycles. The lowest BCUT2D eigenvalue weighted by molar-refractivity contribution is 0.300. The van der Waals surface area contributed by atoms with Crippen molar-refractivity contribution in [3.8, 4) is 5.88 Å². The Morgan fingerprint density at radius 3 is 3.07 bits per heavy atom. The molecule has 0 atom stereocenters. The van der Waals surface area contributed by atoms with Crippen LogP contribution in [-0.4, -0.2) is 24.7 Å². The van der Waals surface area contributed by atoms with Gasteiger partial charge in [0.15, 0.2) is 0 Å². The average molecular weight is 259 g/mol. The predicted molar refractivity (Wildman–Crippen MR) is 60.6 cm³/mol. The van der Waals surface area contributed by atoms with E-state index in [2.05, 4.69) is 33.2 Å². The summed E-state index contributed by atoms with van der Waals surface area (Å²) < 4.78 is 6.36. The molecule has 3 nitrogen and oxygen atoms in total. The lowest BCUT2D eigenvalue weighted by Gasteiger charge is -2.06. The molecule has 0 bridgehead atoms. The van der Waals surface area contributed by atoms with Gasteiger partial charge in [0.05, 0.1) is 4.47 Å². The van der Waals surface area contributed by atoms with E-state index >= 15 is 0 Å². The first-order valence-electron chi connectivity index (χ1n) is 4.78. The van der Waals surface area contributed by atoms with Crippen LogP contribution in [0.4, 0.5) is 0 Å². The zero-order chi connectivity index (χ0) is 10.2. The number of hydrogen-bond donors (Lipinski definition) is 1. The van der Waals surface area contributed by atoms with Gasteiger partial charge in [0.25, 0.3) is 0 Å². The zero-order valence-electron chi connectivity index (χ0n) is 8.29. The van der Waals surface area contributed by atoms with Gasteiger partial charge in [-0.1, -0.05) is 6.92 Å². The van der Waals surface area contributed by atoms with Crippen LogP contribution in [0, 0.1) is 0 Å². The van der Waals surface area contributed by atoms with Crippen LogP contribution in [0.25, 0.3) is 0 Å². The number of pyridine rings is 1. The molecule has 0 saturated heterocycles. The van der Waals surface area contributed by atoms with Gasteiger partial charge in [-0.3, -0.25) is 0 Å². The molecular formula is C10H15BrN2O. The van der Waals surface area contributed by atoms with Crippen molar-refractivity contribution in [3.05, 3.63) is 22.8 Å². The maximum absolute atomic E-state index is 5.46. The highest BCUT2D eigenvalue weighted by atomic mass is 79.9. The van der Waals surface area contributed by atoms with Gasteiger partial charge in [-0.15, -0.1) is 0 Å². The summed E-state index contributed by atoms with van der Waals surface area (Å²) in [5.41, 5.74) is 0. The summed E-state index contributed by atoms with van der Waals surface area (Å²) in [6.45, 7) is 4.68. The second-order valence-corrected chi connectivity index (χ2v) is 3.74. The maximum Gasteiger partial charge on any atom is 0.227 e. The first-order valence-corrected chi connectivity index (χ1v) is 5.58. The van der Waals surface area contributed by atoms with Gasteiger partial charge in [0, 0.05) is 12.7 Å². The molecule has 1 N–H and O–H groups in total. The molecule has 0 unspecified atom stereocenters. The number of hydrogen-bond acceptors (Lipinski definition) is 3. The lowest BCUT2D eigenvalue weighted by atomic mass is 10.5. The summed E-state index contributed by atoms with van der Waals surface area (Å²) in [5, 5.41) is 3.26. The smallest absolute Gasteiger partial charge is 0.227 e. The zero-order valence-corrected chi connectivity index (χ0v) is 9.88. The molecule has 0 saturated carbocycles. The molecule has 1 rings (SSSR count). The normalized spacial score (nSPS) is 10.1. The van der Waals surface area contributed by atoms with Crippen LogP contribution < -0.4 is 10.1 Å². The quantitative estimate of drug-likeness (QED) is 0.795. The molecule has 0 aromatic carbocycles. The molecule has 4 heteroatoms. The summed E-state index contributed by atoms with van der Waals surface area (Å²) in [7, 11) is 0. The molecule has 14 heavy (non-hydrogen) atoms. The first-order chi connectivity index (χ1) is 6.84. The van der Waals surface area contributed by atoms with Crippen LogP contribution in [0.5, 0.6) is 5.88 Å². The minimum atomic E-state index is 0.648. The SMILES string of the molecule is CCCNCCOc1ncccc1Br. The highest BCUT2D eigenvalue weighted by Crippen LogP contribution is 2.20. The molecule has 78 valence electrons. The number of nitrogens with zero attached hydrogens (tertiary/aromatic N) is 1. The topological polar surface area (TPSA) is 34.1 Å². The van der Waals surface area contributed by atoms with Crippen molar-refractivity contribution in [2.45, 2.75) is 13.3 Å². The van der Waals surface area contributed by atoms with E-state index in [-0.39, 0.29) is 0 Å². The van der Waals surface area contributed by atoms with Crippen LogP contribution in [-0.2, 0) is 0 Å². The Morgan fingerprint density at radius 1 is 1.50 bits per heavy atom. The van der Waals surface area contributed by atoms with E-state index < -0.39 is 0 Å². The van der Waals surface area contributed by atoms with E-state index in [1.54, 1.807) is 6.20 Å². The van der Waals surface area contributed by atoms with Gasteiger partial charge in [0.2, 0.25) is 5.88 Å². The van der Waals surface area contributed by atoms with Gasteiger partial charge in [-0.05, 0) is 41.0 Å².